The molecule has 2 N–H and O–H groups in total. The smallest absolute Gasteiger partial charge is 0.251 e. The molecule has 28 heavy (non-hydrogen) atoms. The van der Waals surface area contributed by atoms with Crippen molar-refractivity contribution >= 4 is 35.8 Å². The van der Waals surface area contributed by atoms with Crippen molar-refractivity contribution in [1.82, 2.24) is 20.4 Å². The molecule has 1 atom stereocenters. The summed E-state index contributed by atoms with van der Waals surface area (Å²) < 4.78 is 5.47. The minimum absolute atomic E-state index is 0. The summed E-state index contributed by atoms with van der Waals surface area (Å²) in [5.41, 5.74) is 1.71. The van der Waals surface area contributed by atoms with Gasteiger partial charge in [-0.05, 0) is 31.0 Å². The van der Waals surface area contributed by atoms with Gasteiger partial charge in [0, 0.05) is 51.4 Å². The molecule has 8 heteroatoms. The van der Waals surface area contributed by atoms with E-state index in [-0.39, 0.29) is 29.9 Å². The van der Waals surface area contributed by atoms with Crippen LogP contribution in [0.2, 0.25) is 0 Å². The number of likely N-dealkylation sites (tertiary alicyclic amines) is 1. The van der Waals surface area contributed by atoms with Crippen LogP contribution in [0.3, 0.4) is 0 Å². The molecule has 0 aromatic heterocycles. The van der Waals surface area contributed by atoms with Gasteiger partial charge in [-0.25, -0.2) is 4.99 Å². The van der Waals surface area contributed by atoms with Crippen LogP contribution in [-0.4, -0.2) is 80.7 Å². The number of rotatable bonds is 5. The number of morpholine rings is 1. The number of amides is 1. The third-order valence-electron chi connectivity index (χ3n) is 5.19. The zero-order valence-corrected chi connectivity index (χ0v) is 19.1. The topological polar surface area (TPSA) is 69.2 Å². The van der Waals surface area contributed by atoms with Crippen LogP contribution < -0.4 is 10.6 Å². The molecule has 1 aromatic rings. The second kappa shape index (κ2) is 11.6. The molecule has 0 radical (unpaired) electrons. The Morgan fingerprint density at radius 3 is 2.79 bits per heavy atom. The zero-order valence-electron chi connectivity index (χ0n) is 16.8. The first kappa shape index (κ1) is 22.9. The molecule has 2 saturated heterocycles. The van der Waals surface area contributed by atoms with Gasteiger partial charge in [0.2, 0.25) is 0 Å². The van der Waals surface area contributed by atoms with Crippen molar-refractivity contribution in [3.05, 3.63) is 35.4 Å². The molecule has 2 aliphatic rings. The Balaban J connectivity index is 0.00000280. The Hall–Kier alpha value is -1.39. The van der Waals surface area contributed by atoms with Crippen molar-refractivity contribution in [3.63, 3.8) is 0 Å². The largest absolute Gasteiger partial charge is 0.379 e. The van der Waals surface area contributed by atoms with Gasteiger partial charge in [-0.3, -0.25) is 9.69 Å². The number of carbonyl (C=O) groups excluding carboxylic acids is 1. The van der Waals surface area contributed by atoms with E-state index < -0.39 is 0 Å². The van der Waals surface area contributed by atoms with Gasteiger partial charge in [-0.15, -0.1) is 24.0 Å². The van der Waals surface area contributed by atoms with Gasteiger partial charge in [0.05, 0.1) is 19.8 Å². The van der Waals surface area contributed by atoms with Crippen molar-refractivity contribution in [3.8, 4) is 0 Å². The van der Waals surface area contributed by atoms with Gasteiger partial charge in [-0.1, -0.05) is 12.1 Å². The highest BCUT2D eigenvalue weighted by molar-refractivity contribution is 14.0. The average molecular weight is 501 g/mol. The Kier molecular flexibility index (Phi) is 9.46. The van der Waals surface area contributed by atoms with Crippen molar-refractivity contribution in [2.75, 3.05) is 53.0 Å². The molecule has 2 fully saturated rings. The highest BCUT2D eigenvalue weighted by atomic mass is 127. The fraction of sp³-hybridized carbons (Fsp3) is 0.600. The number of nitrogens with one attached hydrogen (secondary N) is 2. The van der Waals surface area contributed by atoms with Crippen LogP contribution in [0.25, 0.3) is 0 Å². The molecular weight excluding hydrogens is 469 g/mol. The van der Waals surface area contributed by atoms with Gasteiger partial charge in [-0.2, -0.15) is 0 Å². The van der Waals surface area contributed by atoms with E-state index in [1.807, 2.05) is 24.3 Å². The summed E-state index contributed by atoms with van der Waals surface area (Å²) in [4.78, 5) is 21.5. The summed E-state index contributed by atoms with van der Waals surface area (Å²) in [5, 5.41) is 6.09. The van der Waals surface area contributed by atoms with Gasteiger partial charge in [0.25, 0.3) is 5.91 Å². The predicted octanol–water partition coefficient (Wildman–Crippen LogP) is 1.54. The standard InChI is InChI=1S/C20H31N5O2.HI/c1-3-22-20(23-14-16-5-4-6-17(13-16)19(26)21-2)25-8-7-18(15-25)24-9-11-27-12-10-24;/h4-6,13,18H,3,7-12,14-15H2,1-2H3,(H,21,26)(H,22,23);1H. The monoisotopic (exact) mass is 501 g/mol. The lowest BCUT2D eigenvalue weighted by atomic mass is 10.1. The Bertz CT molecular complexity index is 664. The first-order chi connectivity index (χ1) is 13.2. The van der Waals surface area contributed by atoms with Crippen molar-refractivity contribution in [2.45, 2.75) is 25.9 Å². The van der Waals surface area contributed by atoms with E-state index in [4.69, 9.17) is 9.73 Å². The Morgan fingerprint density at radius 1 is 1.29 bits per heavy atom. The third kappa shape index (κ3) is 6.05. The van der Waals surface area contributed by atoms with Crippen molar-refractivity contribution < 1.29 is 9.53 Å². The van der Waals surface area contributed by atoms with E-state index in [2.05, 4.69) is 27.4 Å². The van der Waals surface area contributed by atoms with Crippen molar-refractivity contribution in [2.24, 2.45) is 4.99 Å². The Labute approximate surface area is 184 Å². The molecule has 156 valence electrons. The number of benzene rings is 1. The van der Waals surface area contributed by atoms with Gasteiger partial charge >= 0.3 is 0 Å². The molecule has 2 aliphatic heterocycles. The highest BCUT2D eigenvalue weighted by Gasteiger charge is 2.30. The van der Waals surface area contributed by atoms with E-state index in [1.54, 1.807) is 7.05 Å². The van der Waals surface area contributed by atoms with Crippen molar-refractivity contribution in [1.29, 1.82) is 0 Å². The maximum absolute atomic E-state index is 11.8. The molecule has 1 aromatic carbocycles. The average Bonchev–Trinajstić information content (AvgIpc) is 3.21. The zero-order chi connectivity index (χ0) is 19.1. The number of ether oxygens (including phenoxy) is 1. The summed E-state index contributed by atoms with van der Waals surface area (Å²) in [5.74, 6) is 0.888. The van der Waals surface area contributed by atoms with Crippen LogP contribution in [0.4, 0.5) is 0 Å². The quantitative estimate of drug-likeness (QED) is 0.364. The summed E-state index contributed by atoms with van der Waals surface area (Å²) in [6, 6.07) is 8.23. The van der Waals surface area contributed by atoms with Crippen LogP contribution in [-0.2, 0) is 11.3 Å². The summed E-state index contributed by atoms with van der Waals surface area (Å²) in [7, 11) is 1.65. The lowest BCUT2D eigenvalue weighted by molar-refractivity contribution is 0.0195. The molecule has 1 unspecified atom stereocenters. The molecule has 0 bridgehead atoms. The molecule has 3 rings (SSSR count). The van der Waals surface area contributed by atoms with Gasteiger partial charge in [0.15, 0.2) is 5.96 Å². The van der Waals surface area contributed by atoms with Crippen LogP contribution in [0.1, 0.15) is 29.3 Å². The van der Waals surface area contributed by atoms with Crippen LogP contribution >= 0.6 is 24.0 Å². The molecule has 0 saturated carbocycles. The molecular formula is C20H32IN5O2. The number of carbonyl (C=O) groups is 1. The van der Waals surface area contributed by atoms with Crippen LogP contribution in [0, 0.1) is 0 Å². The van der Waals surface area contributed by atoms with Crippen LogP contribution in [0.5, 0.6) is 0 Å². The number of nitrogens with zero attached hydrogens (tertiary/aromatic N) is 3. The maximum atomic E-state index is 11.8. The number of hydrogen-bond acceptors (Lipinski definition) is 4. The second-order valence-electron chi connectivity index (χ2n) is 6.99. The van der Waals surface area contributed by atoms with Crippen LogP contribution in [0.15, 0.2) is 29.3 Å². The lowest BCUT2D eigenvalue weighted by Gasteiger charge is -2.32. The SMILES string of the molecule is CCNC(=NCc1cccc(C(=O)NC)c1)N1CCC(N2CCOCC2)C1.I. The minimum Gasteiger partial charge on any atom is -0.379 e. The van der Waals surface area contributed by atoms with Gasteiger partial charge in [0.1, 0.15) is 0 Å². The minimum atomic E-state index is -0.0689. The molecule has 1 amide bonds. The fourth-order valence-electron chi connectivity index (χ4n) is 3.72. The van der Waals surface area contributed by atoms with E-state index >= 15 is 0 Å². The van der Waals surface area contributed by atoms with E-state index in [1.165, 1.54) is 0 Å². The first-order valence-corrected chi connectivity index (χ1v) is 9.87. The number of hydrogen-bond donors (Lipinski definition) is 2. The molecule has 2 heterocycles. The normalized spacial score (nSPS) is 20.6. The predicted molar refractivity (Wildman–Crippen MR) is 122 cm³/mol. The number of guanidine groups is 1. The van der Waals surface area contributed by atoms with E-state index in [0.717, 1.165) is 63.9 Å². The van der Waals surface area contributed by atoms with Gasteiger partial charge < -0.3 is 20.3 Å². The summed E-state index contributed by atoms with van der Waals surface area (Å²) >= 11 is 0. The second-order valence-corrected chi connectivity index (χ2v) is 6.99. The summed E-state index contributed by atoms with van der Waals surface area (Å²) in [6.07, 6.45) is 1.16. The third-order valence-corrected chi connectivity index (χ3v) is 5.19. The maximum Gasteiger partial charge on any atom is 0.251 e. The number of halogens is 1. The van der Waals surface area contributed by atoms with E-state index in [9.17, 15) is 4.79 Å². The summed E-state index contributed by atoms with van der Waals surface area (Å²) in [6.45, 7) is 9.25. The Morgan fingerprint density at radius 2 is 2.07 bits per heavy atom. The first-order valence-electron chi connectivity index (χ1n) is 9.87. The molecule has 0 spiro atoms. The number of aliphatic imine (C=N–C) groups is 1. The van der Waals surface area contributed by atoms with E-state index in [0.29, 0.717) is 18.2 Å². The highest BCUT2D eigenvalue weighted by Crippen LogP contribution is 2.17. The molecule has 7 nitrogen and oxygen atoms in total. The fourth-order valence-corrected chi connectivity index (χ4v) is 3.72. The lowest BCUT2D eigenvalue weighted by Crippen LogP contribution is -2.46. The molecule has 0 aliphatic carbocycles.